The van der Waals surface area contributed by atoms with Gasteiger partial charge < -0.3 is 9.64 Å². The molecule has 0 aromatic heterocycles. The van der Waals surface area contributed by atoms with Crippen molar-refractivity contribution in [3.05, 3.63) is 10.7 Å². The molecule has 82 valence electrons. The Morgan fingerprint density at radius 2 is 2.40 bits per heavy atom. The molecule has 2 aliphatic heterocycles. The van der Waals surface area contributed by atoms with E-state index in [1.807, 2.05) is 11.1 Å². The van der Waals surface area contributed by atoms with Gasteiger partial charge in [-0.15, -0.1) is 0 Å². The monoisotopic (exact) mass is 273 g/mol. The van der Waals surface area contributed by atoms with Crippen LogP contribution in [0.5, 0.6) is 0 Å². The van der Waals surface area contributed by atoms with Crippen LogP contribution in [-0.2, 0) is 14.3 Å². The fraction of sp³-hybridized carbons (Fsp3) is 0.600. The number of carbonyl (C=O) groups is 2. The first-order valence-electron chi connectivity index (χ1n) is 4.87. The first-order valence-corrected chi connectivity index (χ1v) is 5.67. The zero-order chi connectivity index (χ0) is 11.0. The average molecular weight is 274 g/mol. The summed E-state index contributed by atoms with van der Waals surface area (Å²) in [6.45, 7) is 0. The van der Waals surface area contributed by atoms with Gasteiger partial charge in [0.1, 0.15) is 6.04 Å². The number of piperidine rings is 1. The number of nitrogens with zero attached hydrogens (tertiary/aromatic N) is 1. The van der Waals surface area contributed by atoms with E-state index in [0.717, 1.165) is 4.48 Å². The number of rotatable bonds is 1. The number of carbonyl (C=O) groups excluding carboxylic acids is 2. The van der Waals surface area contributed by atoms with Crippen LogP contribution >= 0.6 is 15.9 Å². The summed E-state index contributed by atoms with van der Waals surface area (Å²) in [5, 5.41) is 0. The minimum atomic E-state index is -0.298. The summed E-state index contributed by atoms with van der Waals surface area (Å²) in [5.41, 5.74) is 0. The number of esters is 1. The van der Waals surface area contributed by atoms with E-state index in [9.17, 15) is 9.59 Å². The van der Waals surface area contributed by atoms with Crippen molar-refractivity contribution in [3.63, 3.8) is 0 Å². The Kier molecular flexibility index (Phi) is 2.82. The van der Waals surface area contributed by atoms with Crippen molar-refractivity contribution in [2.24, 2.45) is 0 Å². The van der Waals surface area contributed by atoms with Crippen LogP contribution in [0.1, 0.15) is 19.3 Å². The molecule has 0 aromatic carbocycles. The summed E-state index contributed by atoms with van der Waals surface area (Å²) < 4.78 is 5.70. The van der Waals surface area contributed by atoms with Crippen LogP contribution in [0.3, 0.4) is 0 Å². The molecule has 0 N–H and O–H groups in total. The van der Waals surface area contributed by atoms with Gasteiger partial charge in [-0.1, -0.05) is 15.9 Å². The van der Waals surface area contributed by atoms with Crippen LogP contribution in [0, 0.1) is 0 Å². The Balaban J connectivity index is 2.21. The highest BCUT2D eigenvalue weighted by atomic mass is 79.9. The van der Waals surface area contributed by atoms with E-state index >= 15 is 0 Å². The predicted octanol–water partition coefficient (Wildman–Crippen LogP) is 1.20. The zero-order valence-electron chi connectivity index (χ0n) is 8.40. The number of hydrogen-bond acceptors (Lipinski definition) is 4. The lowest BCUT2D eigenvalue weighted by atomic mass is 9.95. The van der Waals surface area contributed by atoms with Crippen LogP contribution in [0.25, 0.3) is 0 Å². The van der Waals surface area contributed by atoms with Crippen molar-refractivity contribution < 1.29 is 14.3 Å². The van der Waals surface area contributed by atoms with Crippen molar-refractivity contribution >= 4 is 27.7 Å². The average Bonchev–Trinajstić information content (AvgIpc) is 2.60. The molecule has 0 bridgehead atoms. The van der Waals surface area contributed by atoms with Gasteiger partial charge in [0.15, 0.2) is 5.78 Å². The molecule has 1 fully saturated rings. The molecule has 0 aliphatic carbocycles. The maximum absolute atomic E-state index is 11.6. The van der Waals surface area contributed by atoms with Crippen molar-refractivity contribution in [2.45, 2.75) is 31.3 Å². The molecule has 1 saturated heterocycles. The van der Waals surface area contributed by atoms with Crippen LogP contribution in [0.2, 0.25) is 0 Å². The third kappa shape index (κ3) is 1.80. The highest BCUT2D eigenvalue weighted by Crippen LogP contribution is 2.33. The summed E-state index contributed by atoms with van der Waals surface area (Å²) in [5.74, 6) is -0.0493. The summed E-state index contributed by atoms with van der Waals surface area (Å²) >= 11 is 3.37. The molecule has 2 aliphatic rings. The molecule has 4 nitrogen and oxygen atoms in total. The maximum Gasteiger partial charge on any atom is 0.328 e. The molecule has 2 atom stereocenters. The fourth-order valence-electron chi connectivity index (χ4n) is 2.15. The Hall–Kier alpha value is -0.840. The van der Waals surface area contributed by atoms with Crippen LogP contribution in [0.15, 0.2) is 10.7 Å². The van der Waals surface area contributed by atoms with Gasteiger partial charge in [0.05, 0.1) is 13.2 Å². The number of ether oxygens (including phenoxy) is 1. The topological polar surface area (TPSA) is 46.6 Å². The van der Waals surface area contributed by atoms with Gasteiger partial charge in [-0.2, -0.15) is 0 Å². The Labute approximate surface area is 96.4 Å². The van der Waals surface area contributed by atoms with Crippen molar-refractivity contribution in [3.8, 4) is 0 Å². The van der Waals surface area contributed by atoms with E-state index in [-0.39, 0.29) is 23.8 Å². The second kappa shape index (κ2) is 3.96. The fourth-order valence-corrected chi connectivity index (χ4v) is 2.70. The molecule has 0 saturated carbocycles. The Bertz CT molecular complexity index is 340. The van der Waals surface area contributed by atoms with Crippen molar-refractivity contribution in [1.29, 1.82) is 0 Å². The number of fused-ring (bicyclic) bond motifs is 1. The van der Waals surface area contributed by atoms with E-state index < -0.39 is 0 Å². The van der Waals surface area contributed by atoms with Gasteiger partial charge >= 0.3 is 5.97 Å². The van der Waals surface area contributed by atoms with Crippen LogP contribution in [-0.4, -0.2) is 35.8 Å². The molecule has 15 heavy (non-hydrogen) atoms. The van der Waals surface area contributed by atoms with E-state index in [4.69, 9.17) is 4.74 Å². The third-order valence-corrected chi connectivity index (χ3v) is 3.43. The largest absolute Gasteiger partial charge is 0.467 e. The molecule has 5 heteroatoms. The van der Waals surface area contributed by atoms with Gasteiger partial charge in [-0.3, -0.25) is 4.79 Å². The summed E-state index contributed by atoms with van der Waals surface area (Å²) in [7, 11) is 1.38. The van der Waals surface area contributed by atoms with Crippen LogP contribution in [0.4, 0.5) is 0 Å². The number of halogens is 1. The molecule has 0 amide bonds. The number of Topliss-reactive ketones (excluding diaryl/α,β-unsaturated/α-hetero) is 1. The highest BCUT2D eigenvalue weighted by molar-refractivity contribution is 9.11. The van der Waals surface area contributed by atoms with Crippen molar-refractivity contribution in [1.82, 2.24) is 4.90 Å². The number of hydrogen-bond donors (Lipinski definition) is 0. The number of methoxy groups -OCH3 is 1. The van der Waals surface area contributed by atoms with Gasteiger partial charge in [0, 0.05) is 23.5 Å². The van der Waals surface area contributed by atoms with Gasteiger partial charge in [0.25, 0.3) is 0 Å². The minimum absolute atomic E-state index is 0.169. The van der Waals surface area contributed by atoms with E-state index in [1.54, 1.807) is 0 Å². The molecule has 2 rings (SSSR count). The molecular weight excluding hydrogens is 262 g/mol. The second-order valence-electron chi connectivity index (χ2n) is 3.79. The first kappa shape index (κ1) is 10.7. The Morgan fingerprint density at radius 1 is 1.67 bits per heavy atom. The quantitative estimate of drug-likeness (QED) is 0.674. The van der Waals surface area contributed by atoms with E-state index in [2.05, 4.69) is 15.9 Å². The van der Waals surface area contributed by atoms with Gasteiger partial charge in [0.2, 0.25) is 0 Å². The lowest BCUT2D eigenvalue weighted by molar-refractivity contribution is -0.149. The first-order chi connectivity index (χ1) is 7.13. The van der Waals surface area contributed by atoms with Gasteiger partial charge in [-0.05, 0) is 6.42 Å². The SMILES string of the molecule is COC(=O)C1CCC(=O)C2CC(Br)=CN21. The molecular formula is C10H12BrNO3. The summed E-state index contributed by atoms with van der Waals surface area (Å²) in [6, 6.07) is -0.468. The molecule has 0 aromatic rings. The molecule has 0 radical (unpaired) electrons. The number of ketones is 1. The smallest absolute Gasteiger partial charge is 0.328 e. The predicted molar refractivity (Wildman–Crippen MR) is 57.3 cm³/mol. The zero-order valence-corrected chi connectivity index (χ0v) is 9.99. The molecule has 0 spiro atoms. The summed E-state index contributed by atoms with van der Waals surface area (Å²) in [4.78, 5) is 25.0. The maximum atomic E-state index is 11.6. The minimum Gasteiger partial charge on any atom is -0.467 e. The van der Waals surface area contributed by atoms with Crippen molar-refractivity contribution in [2.75, 3.05) is 7.11 Å². The van der Waals surface area contributed by atoms with Crippen LogP contribution < -0.4 is 0 Å². The Morgan fingerprint density at radius 3 is 3.07 bits per heavy atom. The summed E-state index contributed by atoms with van der Waals surface area (Å²) in [6.07, 6.45) is 3.53. The standard InChI is InChI=1S/C10H12BrNO3/c1-15-10(14)7-2-3-9(13)8-4-6(11)5-12(7)8/h5,7-8H,2-4H2,1H3. The third-order valence-electron chi connectivity index (χ3n) is 2.91. The lowest BCUT2D eigenvalue weighted by Gasteiger charge is -2.35. The lowest BCUT2D eigenvalue weighted by Crippen LogP contribution is -2.50. The van der Waals surface area contributed by atoms with E-state index in [1.165, 1.54) is 7.11 Å². The second-order valence-corrected chi connectivity index (χ2v) is 4.81. The molecule has 2 heterocycles. The normalized spacial score (nSPS) is 29.9. The van der Waals surface area contributed by atoms with E-state index in [0.29, 0.717) is 19.3 Å². The highest BCUT2D eigenvalue weighted by Gasteiger charge is 2.41. The molecule has 2 unspecified atom stereocenters. The van der Waals surface area contributed by atoms with Gasteiger partial charge in [-0.25, -0.2) is 4.79 Å².